The molecule has 6 rings (SSSR count). The van der Waals surface area contributed by atoms with Crippen molar-refractivity contribution in [2.45, 2.75) is 13.8 Å². The van der Waals surface area contributed by atoms with E-state index >= 15 is 0 Å². The standard InChI is InChI=1S/C33H36FN7O2/c1-3-39(4-2)13-14-40-15-17-41(18-16-40)33(43)23-8-11-26-25(19-23)29(35)30(36-26)31-32(42)38-28-20-22(7-12-27(28)37-31)21-5-9-24(34)10-6-21/h5-12,19-20,36H,3-4,13-18,35H2,1-2H3,(H,38,42). The highest BCUT2D eigenvalue weighted by atomic mass is 19.1. The SMILES string of the molecule is CCN(CC)CCN1CCN(C(=O)c2ccc3[nH]c(-c4nc5ccc(-c6ccc(F)cc6)cc5[nH]c4=O)c(N)c3c2)CC1. The van der Waals surface area contributed by atoms with Crippen molar-refractivity contribution in [3.8, 4) is 22.5 Å². The first-order chi connectivity index (χ1) is 20.8. The van der Waals surface area contributed by atoms with Crippen LogP contribution in [0.2, 0.25) is 0 Å². The number of likely N-dealkylation sites (N-methyl/N-ethyl adjacent to an activating group) is 1. The Morgan fingerprint density at radius 3 is 2.37 bits per heavy atom. The van der Waals surface area contributed by atoms with Gasteiger partial charge < -0.3 is 25.5 Å². The molecule has 9 nitrogen and oxygen atoms in total. The number of carbonyl (C=O) groups excluding carboxylic acids is 1. The summed E-state index contributed by atoms with van der Waals surface area (Å²) in [6.07, 6.45) is 0. The smallest absolute Gasteiger partial charge is 0.276 e. The second-order valence-electron chi connectivity index (χ2n) is 11.0. The lowest BCUT2D eigenvalue weighted by Gasteiger charge is -2.35. The van der Waals surface area contributed by atoms with E-state index in [0.29, 0.717) is 46.5 Å². The van der Waals surface area contributed by atoms with Gasteiger partial charge >= 0.3 is 0 Å². The first kappa shape index (κ1) is 28.6. The largest absolute Gasteiger partial charge is 0.396 e. The molecule has 1 aliphatic rings. The number of aromatic amines is 2. The summed E-state index contributed by atoms with van der Waals surface area (Å²) in [7, 11) is 0. The lowest BCUT2D eigenvalue weighted by Crippen LogP contribution is -2.50. The number of aromatic nitrogens is 3. The maximum absolute atomic E-state index is 13.4. The fourth-order valence-corrected chi connectivity index (χ4v) is 5.79. The van der Waals surface area contributed by atoms with Gasteiger partial charge in [0.1, 0.15) is 5.82 Å². The third kappa shape index (κ3) is 5.76. The van der Waals surface area contributed by atoms with Gasteiger partial charge in [-0.3, -0.25) is 14.5 Å². The third-order valence-corrected chi connectivity index (χ3v) is 8.48. The summed E-state index contributed by atoms with van der Waals surface area (Å²) in [5.41, 5.74) is 11.2. The molecule has 1 saturated heterocycles. The predicted octanol–water partition coefficient (Wildman–Crippen LogP) is 4.56. The molecule has 0 bridgehead atoms. The molecule has 0 saturated carbocycles. The number of H-pyrrole nitrogens is 2. The fourth-order valence-electron chi connectivity index (χ4n) is 5.79. The maximum Gasteiger partial charge on any atom is 0.276 e. The van der Waals surface area contributed by atoms with Crippen molar-refractivity contribution in [2.75, 3.05) is 58.1 Å². The Hall–Kier alpha value is -4.54. The molecule has 0 spiro atoms. The number of benzene rings is 3. The normalized spacial score (nSPS) is 14.3. The first-order valence-electron chi connectivity index (χ1n) is 14.8. The van der Waals surface area contributed by atoms with Crippen LogP contribution < -0.4 is 11.3 Å². The first-order valence-corrected chi connectivity index (χ1v) is 14.8. The second-order valence-corrected chi connectivity index (χ2v) is 11.0. The summed E-state index contributed by atoms with van der Waals surface area (Å²) >= 11 is 0. The van der Waals surface area contributed by atoms with Crippen LogP contribution in [0, 0.1) is 5.82 Å². The van der Waals surface area contributed by atoms with E-state index in [-0.39, 0.29) is 17.4 Å². The molecule has 2 aromatic heterocycles. The van der Waals surface area contributed by atoms with Crippen LogP contribution in [-0.4, -0.2) is 87.9 Å². The number of piperazine rings is 1. The minimum atomic E-state index is -0.392. The van der Waals surface area contributed by atoms with Crippen LogP contribution in [0.5, 0.6) is 0 Å². The Labute approximate surface area is 249 Å². The van der Waals surface area contributed by atoms with Gasteiger partial charge in [0.25, 0.3) is 11.5 Å². The van der Waals surface area contributed by atoms with Crippen molar-refractivity contribution in [2.24, 2.45) is 0 Å². The summed E-state index contributed by atoms with van der Waals surface area (Å²) < 4.78 is 13.4. The van der Waals surface area contributed by atoms with E-state index in [1.54, 1.807) is 24.3 Å². The fraction of sp³-hybridized carbons (Fsp3) is 0.303. The van der Waals surface area contributed by atoms with E-state index in [1.807, 2.05) is 29.2 Å². The van der Waals surface area contributed by atoms with Gasteiger partial charge in [-0.1, -0.05) is 32.0 Å². The number of nitrogen functional groups attached to an aromatic ring is 1. The molecule has 1 fully saturated rings. The number of carbonyl (C=O) groups is 1. The zero-order chi connectivity index (χ0) is 30.1. The monoisotopic (exact) mass is 581 g/mol. The highest BCUT2D eigenvalue weighted by molar-refractivity contribution is 6.04. The van der Waals surface area contributed by atoms with Gasteiger partial charge in [-0.2, -0.15) is 0 Å². The number of halogens is 1. The van der Waals surface area contributed by atoms with Crippen molar-refractivity contribution in [1.29, 1.82) is 0 Å². The van der Waals surface area contributed by atoms with E-state index in [4.69, 9.17) is 5.73 Å². The van der Waals surface area contributed by atoms with Crippen molar-refractivity contribution in [1.82, 2.24) is 29.7 Å². The number of hydrogen-bond donors (Lipinski definition) is 3. The Kier molecular flexibility index (Phi) is 7.96. The maximum atomic E-state index is 13.4. The average Bonchev–Trinajstić information content (AvgIpc) is 3.36. The van der Waals surface area contributed by atoms with Crippen LogP contribution in [0.1, 0.15) is 24.2 Å². The molecule has 1 aliphatic heterocycles. The highest BCUT2D eigenvalue weighted by Gasteiger charge is 2.24. The lowest BCUT2D eigenvalue weighted by atomic mass is 10.0. The zero-order valence-electron chi connectivity index (χ0n) is 24.5. The van der Waals surface area contributed by atoms with Crippen LogP contribution in [0.4, 0.5) is 10.1 Å². The number of hydrogen-bond acceptors (Lipinski definition) is 6. The van der Waals surface area contributed by atoms with Crippen LogP contribution in [0.25, 0.3) is 44.5 Å². The summed E-state index contributed by atoms with van der Waals surface area (Å²) in [5.74, 6) is -0.331. The lowest BCUT2D eigenvalue weighted by molar-refractivity contribution is 0.0625. The van der Waals surface area contributed by atoms with Crippen molar-refractivity contribution in [3.63, 3.8) is 0 Å². The molecule has 0 radical (unpaired) electrons. The Morgan fingerprint density at radius 2 is 1.65 bits per heavy atom. The van der Waals surface area contributed by atoms with Crippen molar-refractivity contribution < 1.29 is 9.18 Å². The van der Waals surface area contributed by atoms with Crippen molar-refractivity contribution in [3.05, 3.63) is 82.4 Å². The van der Waals surface area contributed by atoms with Crippen molar-refractivity contribution >= 4 is 33.5 Å². The number of nitrogens with two attached hydrogens (primary N) is 1. The van der Waals surface area contributed by atoms with Crippen LogP contribution in [0.3, 0.4) is 0 Å². The quantitative estimate of drug-likeness (QED) is 0.248. The molecule has 1 amide bonds. The minimum absolute atomic E-state index is 0.0221. The molecule has 0 unspecified atom stereocenters. The van der Waals surface area contributed by atoms with Crippen LogP contribution in [0.15, 0.2) is 65.5 Å². The Balaban J connectivity index is 1.21. The van der Waals surface area contributed by atoms with Gasteiger partial charge in [0.05, 0.1) is 22.4 Å². The van der Waals surface area contributed by atoms with Gasteiger partial charge in [0.15, 0.2) is 5.69 Å². The van der Waals surface area contributed by atoms with E-state index < -0.39 is 5.56 Å². The number of anilines is 1. The van der Waals surface area contributed by atoms with E-state index in [9.17, 15) is 14.0 Å². The van der Waals surface area contributed by atoms with Crippen LogP contribution >= 0.6 is 0 Å². The van der Waals surface area contributed by atoms with Gasteiger partial charge in [-0.05, 0) is 66.7 Å². The Morgan fingerprint density at radius 1 is 0.930 bits per heavy atom. The topological polar surface area (TPSA) is 114 Å². The Bertz CT molecular complexity index is 1830. The van der Waals surface area contributed by atoms with Gasteiger partial charge in [0, 0.05) is 55.7 Å². The number of rotatable bonds is 8. The summed E-state index contributed by atoms with van der Waals surface area (Å²) in [4.78, 5) is 44.1. The predicted molar refractivity (Wildman–Crippen MR) is 170 cm³/mol. The molecule has 10 heteroatoms. The highest BCUT2D eigenvalue weighted by Crippen LogP contribution is 2.32. The molecular weight excluding hydrogens is 545 g/mol. The molecule has 222 valence electrons. The van der Waals surface area contributed by atoms with Crippen LogP contribution in [-0.2, 0) is 0 Å². The van der Waals surface area contributed by atoms with Gasteiger partial charge in [-0.25, -0.2) is 9.37 Å². The zero-order valence-corrected chi connectivity index (χ0v) is 24.5. The van der Waals surface area contributed by atoms with E-state index in [0.717, 1.165) is 55.9 Å². The molecule has 43 heavy (non-hydrogen) atoms. The summed E-state index contributed by atoms with van der Waals surface area (Å²) in [5, 5.41) is 0.673. The van der Waals surface area contributed by atoms with Gasteiger partial charge in [-0.15, -0.1) is 0 Å². The average molecular weight is 582 g/mol. The number of amides is 1. The molecule has 3 aromatic carbocycles. The third-order valence-electron chi connectivity index (χ3n) is 8.48. The van der Waals surface area contributed by atoms with E-state index in [2.05, 4.69) is 38.6 Å². The molecule has 5 aromatic rings. The summed E-state index contributed by atoms with van der Waals surface area (Å²) in [6.45, 7) is 11.6. The molecule has 0 aliphatic carbocycles. The van der Waals surface area contributed by atoms with Gasteiger partial charge in [0.2, 0.25) is 0 Å². The summed E-state index contributed by atoms with van der Waals surface area (Å²) in [6, 6.07) is 17.1. The molecule has 3 heterocycles. The molecule has 0 atom stereocenters. The minimum Gasteiger partial charge on any atom is -0.396 e. The van der Waals surface area contributed by atoms with E-state index in [1.165, 1.54) is 12.1 Å². The molecule has 4 N–H and O–H groups in total. The number of fused-ring (bicyclic) bond motifs is 2. The number of nitrogens with one attached hydrogen (secondary N) is 2. The molecular formula is C33H36FN7O2. The second kappa shape index (κ2) is 12.0. The number of nitrogens with zero attached hydrogens (tertiary/aromatic N) is 4.